The standard InChI is InChI=1S/C31H37ClFN7O2/c1-9-24(41)39-14-19(4)40(15-18(39)3)30-22-12-23(32)26(25-17(2)10-11-21-13-34-38(8)29(21)25)27(33)28(22)35-31(36-30)42-20(5)16-37(6)7/h9-13,18-20H,1,14-16H2,2-8H3/t18-,19+,20?/m1/s1. The molecule has 11 heteroatoms. The molecule has 1 amide bonds. The van der Waals surface area contributed by atoms with Gasteiger partial charge in [-0.15, -0.1) is 0 Å². The van der Waals surface area contributed by atoms with Gasteiger partial charge in [0, 0.05) is 60.7 Å². The Labute approximate surface area is 250 Å². The Balaban J connectivity index is 1.73. The van der Waals surface area contributed by atoms with Crippen molar-refractivity contribution in [3.63, 3.8) is 0 Å². The molecule has 222 valence electrons. The van der Waals surface area contributed by atoms with Gasteiger partial charge in [0.2, 0.25) is 5.91 Å². The summed E-state index contributed by atoms with van der Waals surface area (Å²) in [5, 5.41) is 6.00. The third kappa shape index (κ3) is 5.29. The van der Waals surface area contributed by atoms with Gasteiger partial charge in [-0.2, -0.15) is 15.1 Å². The number of carbonyl (C=O) groups is 1. The number of nitrogens with zero attached hydrogens (tertiary/aromatic N) is 7. The SMILES string of the molecule is C=CC(=O)N1C[C@H](C)N(c2nc(OC(C)CN(C)C)nc3c(F)c(-c4c(C)ccc5cnn(C)c45)c(Cl)cc23)C[C@H]1C. The first-order chi connectivity index (χ1) is 19.9. The van der Waals surface area contributed by atoms with Crippen LogP contribution in [-0.2, 0) is 11.8 Å². The molecule has 0 radical (unpaired) electrons. The number of hydrogen-bond acceptors (Lipinski definition) is 7. The van der Waals surface area contributed by atoms with Crippen LogP contribution in [0.4, 0.5) is 10.2 Å². The van der Waals surface area contributed by atoms with E-state index >= 15 is 4.39 Å². The van der Waals surface area contributed by atoms with Crippen molar-refractivity contribution < 1.29 is 13.9 Å². The highest BCUT2D eigenvalue weighted by Gasteiger charge is 2.34. The lowest BCUT2D eigenvalue weighted by Crippen LogP contribution is -2.58. The first-order valence-corrected chi connectivity index (χ1v) is 14.4. The van der Waals surface area contributed by atoms with Crippen molar-refractivity contribution in [2.24, 2.45) is 7.05 Å². The molecule has 1 saturated heterocycles. The summed E-state index contributed by atoms with van der Waals surface area (Å²) in [7, 11) is 5.74. The van der Waals surface area contributed by atoms with E-state index in [1.807, 2.05) is 65.9 Å². The molecule has 4 aromatic rings. The molecule has 3 heterocycles. The highest BCUT2D eigenvalue weighted by atomic mass is 35.5. The first-order valence-electron chi connectivity index (χ1n) is 14.0. The fourth-order valence-electron chi connectivity index (χ4n) is 5.92. The van der Waals surface area contributed by atoms with Crippen LogP contribution in [0.2, 0.25) is 5.02 Å². The van der Waals surface area contributed by atoms with Gasteiger partial charge in [0.15, 0.2) is 5.82 Å². The molecule has 0 saturated carbocycles. The number of benzene rings is 2. The van der Waals surface area contributed by atoms with Gasteiger partial charge in [-0.25, -0.2) is 4.39 Å². The molecular formula is C31H37ClFN7O2. The van der Waals surface area contributed by atoms with Gasteiger partial charge in [0.1, 0.15) is 17.4 Å². The van der Waals surface area contributed by atoms with E-state index < -0.39 is 5.82 Å². The van der Waals surface area contributed by atoms with Crippen molar-refractivity contribution in [3.05, 3.63) is 53.5 Å². The van der Waals surface area contributed by atoms with E-state index in [1.165, 1.54) is 6.08 Å². The summed E-state index contributed by atoms with van der Waals surface area (Å²) in [4.78, 5) is 27.8. The smallest absolute Gasteiger partial charge is 0.319 e. The van der Waals surface area contributed by atoms with Crippen LogP contribution in [0.1, 0.15) is 26.3 Å². The number of carbonyl (C=O) groups excluding carboxylic acids is 1. The minimum absolute atomic E-state index is 0.0823. The molecule has 2 aromatic carbocycles. The van der Waals surface area contributed by atoms with Crippen LogP contribution in [-0.4, -0.2) is 87.4 Å². The van der Waals surface area contributed by atoms with Gasteiger partial charge in [-0.3, -0.25) is 9.48 Å². The maximum absolute atomic E-state index is 16.9. The predicted molar refractivity (Wildman–Crippen MR) is 166 cm³/mol. The van der Waals surface area contributed by atoms with Gasteiger partial charge in [0.25, 0.3) is 0 Å². The second-order valence-electron chi connectivity index (χ2n) is 11.5. The third-order valence-electron chi connectivity index (χ3n) is 7.85. The molecule has 2 aromatic heterocycles. The number of aryl methyl sites for hydroxylation is 2. The predicted octanol–water partition coefficient (Wildman–Crippen LogP) is 5.22. The molecule has 5 rings (SSSR count). The summed E-state index contributed by atoms with van der Waals surface area (Å²) in [6.07, 6.45) is 2.84. The van der Waals surface area contributed by atoms with Crippen LogP contribution in [0.5, 0.6) is 6.01 Å². The summed E-state index contributed by atoms with van der Waals surface area (Å²) in [5.74, 6) is -0.161. The minimum Gasteiger partial charge on any atom is -0.459 e. The number of anilines is 1. The first kappa shape index (κ1) is 29.7. The second-order valence-corrected chi connectivity index (χ2v) is 11.9. The van der Waals surface area contributed by atoms with Crippen LogP contribution in [0, 0.1) is 12.7 Å². The zero-order valence-corrected chi connectivity index (χ0v) is 25.9. The molecule has 3 atom stereocenters. The normalized spacial score (nSPS) is 18.2. The Morgan fingerprint density at radius 2 is 1.98 bits per heavy atom. The Morgan fingerprint density at radius 3 is 2.67 bits per heavy atom. The number of halogens is 2. The molecule has 42 heavy (non-hydrogen) atoms. The monoisotopic (exact) mass is 593 g/mol. The molecular weight excluding hydrogens is 557 g/mol. The molecule has 1 unspecified atom stereocenters. The van der Waals surface area contributed by atoms with Crippen LogP contribution >= 0.6 is 11.6 Å². The van der Waals surface area contributed by atoms with Crippen molar-refractivity contribution in [2.45, 2.75) is 45.9 Å². The fraction of sp³-hybridized carbons (Fsp3) is 0.419. The number of piperazine rings is 1. The molecule has 0 aliphatic carbocycles. The average molecular weight is 594 g/mol. The lowest BCUT2D eigenvalue weighted by atomic mass is 9.96. The molecule has 0 bridgehead atoms. The Kier molecular flexibility index (Phi) is 8.13. The Morgan fingerprint density at radius 1 is 1.24 bits per heavy atom. The van der Waals surface area contributed by atoms with Crippen molar-refractivity contribution in [1.82, 2.24) is 29.5 Å². The van der Waals surface area contributed by atoms with E-state index in [1.54, 1.807) is 21.8 Å². The zero-order valence-electron chi connectivity index (χ0n) is 25.2. The summed E-state index contributed by atoms with van der Waals surface area (Å²) in [6, 6.07) is 5.48. The van der Waals surface area contributed by atoms with Gasteiger partial charge in [-0.05, 0) is 59.5 Å². The third-order valence-corrected chi connectivity index (χ3v) is 8.15. The molecule has 0 spiro atoms. The van der Waals surface area contributed by atoms with Crippen molar-refractivity contribution in [3.8, 4) is 17.1 Å². The summed E-state index contributed by atoms with van der Waals surface area (Å²) in [6.45, 7) is 13.1. The number of likely N-dealkylation sites (N-methyl/N-ethyl adjacent to an activating group) is 1. The summed E-state index contributed by atoms with van der Waals surface area (Å²) < 4.78 is 24.8. The van der Waals surface area contributed by atoms with E-state index in [0.29, 0.717) is 36.4 Å². The number of amides is 1. The van der Waals surface area contributed by atoms with Gasteiger partial charge in [-0.1, -0.05) is 30.3 Å². The van der Waals surface area contributed by atoms with E-state index in [-0.39, 0.29) is 46.2 Å². The average Bonchev–Trinajstić information content (AvgIpc) is 3.30. The highest BCUT2D eigenvalue weighted by Crippen LogP contribution is 2.43. The fourth-order valence-corrected chi connectivity index (χ4v) is 6.21. The minimum atomic E-state index is -0.552. The maximum Gasteiger partial charge on any atom is 0.319 e. The van der Waals surface area contributed by atoms with Crippen molar-refractivity contribution in [2.75, 3.05) is 38.6 Å². The Bertz CT molecular complexity index is 1690. The largest absolute Gasteiger partial charge is 0.459 e. The van der Waals surface area contributed by atoms with E-state index in [2.05, 4.69) is 21.6 Å². The summed E-state index contributed by atoms with van der Waals surface area (Å²) in [5.41, 5.74) is 2.69. The topological polar surface area (TPSA) is 79.6 Å². The second kappa shape index (κ2) is 11.5. The van der Waals surface area contributed by atoms with Crippen LogP contribution in [0.3, 0.4) is 0 Å². The number of fused-ring (bicyclic) bond motifs is 2. The lowest BCUT2D eigenvalue weighted by Gasteiger charge is -2.44. The number of ether oxygens (including phenoxy) is 1. The number of aromatic nitrogens is 4. The van der Waals surface area contributed by atoms with Crippen molar-refractivity contribution in [1.29, 1.82) is 0 Å². The number of rotatable bonds is 7. The Hall–Kier alpha value is -3.76. The lowest BCUT2D eigenvalue weighted by molar-refractivity contribution is -0.128. The van der Waals surface area contributed by atoms with Crippen LogP contribution in [0.25, 0.3) is 32.9 Å². The maximum atomic E-state index is 16.9. The number of hydrogen-bond donors (Lipinski definition) is 0. The van der Waals surface area contributed by atoms with E-state index in [0.717, 1.165) is 16.5 Å². The van der Waals surface area contributed by atoms with Gasteiger partial charge < -0.3 is 19.4 Å². The molecule has 1 aliphatic rings. The molecule has 0 N–H and O–H groups in total. The summed E-state index contributed by atoms with van der Waals surface area (Å²) >= 11 is 6.93. The quantitative estimate of drug-likeness (QED) is 0.272. The van der Waals surface area contributed by atoms with Gasteiger partial charge in [0.05, 0.1) is 16.7 Å². The van der Waals surface area contributed by atoms with Gasteiger partial charge >= 0.3 is 6.01 Å². The molecule has 9 nitrogen and oxygen atoms in total. The molecule has 1 fully saturated rings. The zero-order chi connectivity index (χ0) is 30.5. The molecule has 1 aliphatic heterocycles. The van der Waals surface area contributed by atoms with Crippen molar-refractivity contribution >= 4 is 45.1 Å². The van der Waals surface area contributed by atoms with E-state index in [9.17, 15) is 4.79 Å². The van der Waals surface area contributed by atoms with E-state index in [4.69, 9.17) is 21.3 Å². The highest BCUT2D eigenvalue weighted by molar-refractivity contribution is 6.35. The van der Waals surface area contributed by atoms with Crippen LogP contribution < -0.4 is 9.64 Å². The van der Waals surface area contributed by atoms with Crippen LogP contribution in [0.15, 0.2) is 37.1 Å².